The molecule has 0 atom stereocenters. The van der Waals surface area contributed by atoms with Crippen molar-refractivity contribution in [3.63, 3.8) is 0 Å². The van der Waals surface area contributed by atoms with Crippen LogP contribution in [0.1, 0.15) is 30.7 Å². The SMILES string of the molecule is Cc1ccc(-c2nc(C3(C#N)CCC3)cs2)o1. The molecule has 0 radical (unpaired) electrons. The van der Waals surface area contributed by atoms with Crippen molar-refractivity contribution in [3.8, 4) is 16.8 Å². The molecule has 3 nitrogen and oxygen atoms in total. The fraction of sp³-hybridized carbons (Fsp3) is 0.385. The fourth-order valence-electron chi connectivity index (χ4n) is 2.11. The Labute approximate surface area is 104 Å². The van der Waals surface area contributed by atoms with Crippen LogP contribution in [0.25, 0.3) is 10.8 Å². The van der Waals surface area contributed by atoms with Gasteiger partial charge in [-0.3, -0.25) is 0 Å². The van der Waals surface area contributed by atoms with Gasteiger partial charge in [0, 0.05) is 5.38 Å². The van der Waals surface area contributed by atoms with Crippen molar-refractivity contribution in [2.45, 2.75) is 31.6 Å². The van der Waals surface area contributed by atoms with E-state index in [9.17, 15) is 5.26 Å². The third-order valence-electron chi connectivity index (χ3n) is 3.37. The van der Waals surface area contributed by atoms with Crippen molar-refractivity contribution in [2.75, 3.05) is 0 Å². The molecule has 1 aliphatic rings. The zero-order valence-corrected chi connectivity index (χ0v) is 10.4. The van der Waals surface area contributed by atoms with E-state index in [-0.39, 0.29) is 5.41 Å². The highest BCUT2D eigenvalue weighted by Crippen LogP contribution is 2.44. The lowest BCUT2D eigenvalue weighted by molar-refractivity contribution is 0.317. The molecular weight excluding hydrogens is 232 g/mol. The number of nitrogens with zero attached hydrogens (tertiary/aromatic N) is 2. The topological polar surface area (TPSA) is 49.8 Å². The van der Waals surface area contributed by atoms with Gasteiger partial charge in [-0.1, -0.05) is 0 Å². The third-order valence-corrected chi connectivity index (χ3v) is 4.22. The van der Waals surface area contributed by atoms with Crippen molar-refractivity contribution in [1.82, 2.24) is 4.98 Å². The number of hydrogen-bond donors (Lipinski definition) is 0. The third kappa shape index (κ3) is 1.58. The van der Waals surface area contributed by atoms with Crippen LogP contribution < -0.4 is 0 Å². The molecule has 2 heterocycles. The Kier molecular flexibility index (Phi) is 2.30. The molecule has 0 bridgehead atoms. The van der Waals surface area contributed by atoms with Crippen molar-refractivity contribution in [2.24, 2.45) is 0 Å². The van der Waals surface area contributed by atoms with Crippen LogP contribution in [0.2, 0.25) is 0 Å². The van der Waals surface area contributed by atoms with E-state index >= 15 is 0 Å². The van der Waals surface area contributed by atoms with E-state index in [1.165, 1.54) is 0 Å². The molecule has 3 rings (SSSR count). The van der Waals surface area contributed by atoms with Crippen molar-refractivity contribution >= 4 is 11.3 Å². The Morgan fingerprint density at radius 2 is 2.29 bits per heavy atom. The highest BCUT2D eigenvalue weighted by molar-refractivity contribution is 7.13. The molecule has 0 amide bonds. The predicted octanol–water partition coefficient (Wildman–Crippen LogP) is 3.66. The predicted molar refractivity (Wildman–Crippen MR) is 65.7 cm³/mol. The summed E-state index contributed by atoms with van der Waals surface area (Å²) in [6.45, 7) is 1.92. The van der Waals surface area contributed by atoms with Crippen LogP contribution >= 0.6 is 11.3 Å². The summed E-state index contributed by atoms with van der Waals surface area (Å²) in [6.07, 6.45) is 2.99. The molecule has 1 aliphatic carbocycles. The standard InChI is InChI=1S/C13H12N2OS/c1-9-3-4-10(16-9)12-15-11(7-17-12)13(8-14)5-2-6-13/h3-4,7H,2,5-6H2,1H3. The van der Waals surface area contributed by atoms with Crippen LogP contribution in [0.3, 0.4) is 0 Å². The number of aromatic nitrogens is 1. The Morgan fingerprint density at radius 1 is 1.47 bits per heavy atom. The maximum absolute atomic E-state index is 9.27. The minimum atomic E-state index is -0.323. The molecular formula is C13H12N2OS. The highest BCUT2D eigenvalue weighted by atomic mass is 32.1. The molecule has 17 heavy (non-hydrogen) atoms. The summed E-state index contributed by atoms with van der Waals surface area (Å²) in [5.74, 6) is 1.68. The van der Waals surface area contributed by atoms with E-state index in [2.05, 4.69) is 11.1 Å². The number of aryl methyl sites for hydroxylation is 1. The minimum Gasteiger partial charge on any atom is -0.459 e. The Balaban J connectivity index is 1.96. The van der Waals surface area contributed by atoms with Gasteiger partial charge in [-0.15, -0.1) is 11.3 Å². The molecule has 0 unspecified atom stereocenters. The molecule has 0 aliphatic heterocycles. The van der Waals surface area contributed by atoms with Gasteiger partial charge in [0.05, 0.1) is 11.8 Å². The number of furan rings is 1. The lowest BCUT2D eigenvalue weighted by Crippen LogP contribution is -2.32. The summed E-state index contributed by atoms with van der Waals surface area (Å²) in [6, 6.07) is 6.27. The second-order valence-electron chi connectivity index (χ2n) is 4.50. The average Bonchev–Trinajstić information content (AvgIpc) is 2.86. The lowest BCUT2D eigenvalue weighted by Gasteiger charge is -2.33. The summed E-state index contributed by atoms with van der Waals surface area (Å²) in [4.78, 5) is 4.56. The van der Waals surface area contributed by atoms with E-state index < -0.39 is 0 Å². The molecule has 0 N–H and O–H groups in total. The van der Waals surface area contributed by atoms with Crippen LogP contribution in [0.4, 0.5) is 0 Å². The average molecular weight is 244 g/mol. The second kappa shape index (κ2) is 3.71. The number of rotatable bonds is 2. The van der Waals surface area contributed by atoms with Crippen molar-refractivity contribution in [1.29, 1.82) is 5.26 Å². The van der Waals surface area contributed by atoms with E-state index in [1.54, 1.807) is 11.3 Å². The molecule has 1 fully saturated rings. The molecule has 0 saturated heterocycles. The first-order valence-electron chi connectivity index (χ1n) is 5.68. The molecule has 4 heteroatoms. The summed E-state index contributed by atoms with van der Waals surface area (Å²) < 4.78 is 5.55. The van der Waals surface area contributed by atoms with E-state index in [4.69, 9.17) is 4.42 Å². The minimum absolute atomic E-state index is 0.323. The van der Waals surface area contributed by atoms with Gasteiger partial charge in [0.15, 0.2) is 10.8 Å². The Bertz CT molecular complexity index is 587. The fourth-order valence-corrected chi connectivity index (χ4v) is 2.99. The van der Waals surface area contributed by atoms with Crippen molar-refractivity contribution in [3.05, 3.63) is 29.0 Å². The Morgan fingerprint density at radius 3 is 2.82 bits per heavy atom. The second-order valence-corrected chi connectivity index (χ2v) is 5.35. The quantitative estimate of drug-likeness (QED) is 0.810. The van der Waals surface area contributed by atoms with Crippen molar-refractivity contribution < 1.29 is 4.42 Å². The van der Waals surface area contributed by atoms with Crippen LogP contribution in [-0.4, -0.2) is 4.98 Å². The molecule has 2 aromatic heterocycles. The maximum atomic E-state index is 9.27. The first kappa shape index (κ1) is 10.5. The smallest absolute Gasteiger partial charge is 0.162 e. The first-order chi connectivity index (χ1) is 8.23. The van der Waals surface area contributed by atoms with Gasteiger partial charge >= 0.3 is 0 Å². The zero-order valence-electron chi connectivity index (χ0n) is 9.56. The monoisotopic (exact) mass is 244 g/mol. The van der Waals surface area contributed by atoms with Gasteiger partial charge in [-0.25, -0.2) is 4.98 Å². The van der Waals surface area contributed by atoms with Gasteiger partial charge in [-0.2, -0.15) is 5.26 Å². The molecule has 0 aromatic carbocycles. The summed E-state index contributed by atoms with van der Waals surface area (Å²) in [5, 5.41) is 12.1. The van der Waals surface area contributed by atoms with Gasteiger partial charge in [0.1, 0.15) is 11.2 Å². The summed E-state index contributed by atoms with van der Waals surface area (Å²) in [5.41, 5.74) is 0.594. The normalized spacial score (nSPS) is 17.4. The van der Waals surface area contributed by atoms with Gasteiger partial charge < -0.3 is 4.42 Å². The summed E-state index contributed by atoms with van der Waals surface area (Å²) >= 11 is 1.55. The molecule has 1 saturated carbocycles. The van der Waals surface area contributed by atoms with Gasteiger partial charge in [0.2, 0.25) is 0 Å². The number of thiazole rings is 1. The maximum Gasteiger partial charge on any atom is 0.162 e. The molecule has 2 aromatic rings. The zero-order chi connectivity index (χ0) is 11.9. The van der Waals surface area contributed by atoms with Gasteiger partial charge in [-0.05, 0) is 38.3 Å². The highest BCUT2D eigenvalue weighted by Gasteiger charge is 2.41. The van der Waals surface area contributed by atoms with Gasteiger partial charge in [0.25, 0.3) is 0 Å². The lowest BCUT2D eigenvalue weighted by atomic mass is 9.68. The largest absolute Gasteiger partial charge is 0.459 e. The Hall–Kier alpha value is -1.60. The van der Waals surface area contributed by atoms with Crippen LogP contribution in [0.5, 0.6) is 0 Å². The summed E-state index contributed by atoms with van der Waals surface area (Å²) in [7, 11) is 0. The van der Waals surface area contributed by atoms with Crippen LogP contribution in [0.15, 0.2) is 21.9 Å². The van der Waals surface area contributed by atoms with E-state index in [0.29, 0.717) is 0 Å². The molecule has 86 valence electrons. The number of hydrogen-bond acceptors (Lipinski definition) is 4. The first-order valence-corrected chi connectivity index (χ1v) is 6.56. The van der Waals surface area contributed by atoms with Crippen LogP contribution in [0, 0.1) is 18.3 Å². The van der Waals surface area contributed by atoms with Crippen LogP contribution in [-0.2, 0) is 5.41 Å². The molecule has 0 spiro atoms. The number of nitriles is 1. The van der Waals surface area contributed by atoms with E-state index in [1.807, 2.05) is 24.4 Å². The van der Waals surface area contributed by atoms with E-state index in [0.717, 1.165) is 41.5 Å².